The molecule has 5 heteroatoms. The van der Waals surface area contributed by atoms with Crippen LogP contribution in [0.4, 0.5) is 11.4 Å². The Hall–Kier alpha value is -2.22. The van der Waals surface area contributed by atoms with Crippen LogP contribution in [0.3, 0.4) is 0 Å². The fraction of sp³-hybridized carbons (Fsp3) is 0.429. The molecule has 0 amide bonds. The largest absolute Gasteiger partial charge is 0.462 e. The van der Waals surface area contributed by atoms with Crippen molar-refractivity contribution in [1.29, 1.82) is 5.26 Å². The summed E-state index contributed by atoms with van der Waals surface area (Å²) in [5.41, 5.74) is 7.48. The Labute approximate surface area is 113 Å². The molecule has 5 nitrogen and oxygen atoms in total. The molecule has 1 rings (SSSR count). The lowest BCUT2D eigenvalue weighted by atomic mass is 10.1. The minimum absolute atomic E-state index is 0.115. The molecule has 0 aromatic heterocycles. The van der Waals surface area contributed by atoms with Gasteiger partial charge in [0.1, 0.15) is 0 Å². The fourth-order valence-electron chi connectivity index (χ4n) is 1.82. The summed E-state index contributed by atoms with van der Waals surface area (Å²) in [4.78, 5) is 13.6. The number of carbonyl (C=O) groups is 1. The van der Waals surface area contributed by atoms with Crippen molar-refractivity contribution < 1.29 is 9.53 Å². The standard InChI is InChI=1S/C14H19N3O2/c1-4-19-14(18)11-6-5-7-12(13(11)16)17(3)9-10(2)8-15/h5-7,10H,4,9,16H2,1-3H3. The molecule has 0 heterocycles. The number of rotatable bonds is 5. The third kappa shape index (κ3) is 3.62. The number of hydrogen-bond donors (Lipinski definition) is 1. The average Bonchev–Trinajstić information content (AvgIpc) is 2.38. The monoisotopic (exact) mass is 261 g/mol. The van der Waals surface area contributed by atoms with Crippen LogP contribution < -0.4 is 10.6 Å². The highest BCUT2D eigenvalue weighted by molar-refractivity contribution is 5.98. The maximum Gasteiger partial charge on any atom is 0.340 e. The van der Waals surface area contributed by atoms with Gasteiger partial charge in [-0.15, -0.1) is 0 Å². The molecule has 2 N–H and O–H groups in total. The van der Waals surface area contributed by atoms with E-state index < -0.39 is 5.97 Å². The Morgan fingerprint density at radius 2 is 2.26 bits per heavy atom. The zero-order valence-corrected chi connectivity index (χ0v) is 11.5. The summed E-state index contributed by atoms with van der Waals surface area (Å²) in [6, 6.07) is 7.38. The van der Waals surface area contributed by atoms with E-state index in [1.54, 1.807) is 19.1 Å². The van der Waals surface area contributed by atoms with Crippen molar-refractivity contribution >= 4 is 17.3 Å². The number of para-hydroxylation sites is 1. The summed E-state index contributed by atoms with van der Waals surface area (Å²) in [6.07, 6.45) is 0. The van der Waals surface area contributed by atoms with Gasteiger partial charge < -0.3 is 15.4 Å². The van der Waals surface area contributed by atoms with Crippen molar-refractivity contribution in [2.24, 2.45) is 5.92 Å². The second-order valence-electron chi connectivity index (χ2n) is 4.37. The molecule has 0 spiro atoms. The maximum atomic E-state index is 11.7. The molecule has 102 valence electrons. The summed E-state index contributed by atoms with van der Waals surface area (Å²) in [6.45, 7) is 4.44. The van der Waals surface area contributed by atoms with Crippen LogP contribution >= 0.6 is 0 Å². The first-order valence-electron chi connectivity index (χ1n) is 6.17. The number of esters is 1. The molecule has 0 aliphatic heterocycles. The summed E-state index contributed by atoms with van der Waals surface area (Å²) in [5, 5.41) is 8.83. The molecule has 0 saturated heterocycles. The van der Waals surface area contributed by atoms with E-state index in [0.717, 1.165) is 5.69 Å². The smallest absolute Gasteiger partial charge is 0.340 e. The van der Waals surface area contributed by atoms with Crippen molar-refractivity contribution in [2.75, 3.05) is 30.8 Å². The van der Waals surface area contributed by atoms with Gasteiger partial charge in [0, 0.05) is 13.6 Å². The Morgan fingerprint density at radius 3 is 2.84 bits per heavy atom. The summed E-state index contributed by atoms with van der Waals surface area (Å²) in [7, 11) is 1.84. The van der Waals surface area contributed by atoms with Crippen molar-refractivity contribution in [3.05, 3.63) is 23.8 Å². The van der Waals surface area contributed by atoms with E-state index in [4.69, 9.17) is 15.7 Å². The van der Waals surface area contributed by atoms with Gasteiger partial charge in [0.2, 0.25) is 0 Å². The van der Waals surface area contributed by atoms with Crippen molar-refractivity contribution in [1.82, 2.24) is 0 Å². The van der Waals surface area contributed by atoms with Gasteiger partial charge in [0.25, 0.3) is 0 Å². The Morgan fingerprint density at radius 1 is 1.58 bits per heavy atom. The fourth-order valence-corrected chi connectivity index (χ4v) is 1.82. The molecule has 1 unspecified atom stereocenters. The number of nitrogens with two attached hydrogens (primary N) is 1. The number of nitrogens with zero attached hydrogens (tertiary/aromatic N) is 2. The number of ether oxygens (including phenoxy) is 1. The third-order valence-electron chi connectivity index (χ3n) is 2.76. The predicted molar refractivity (Wildman–Crippen MR) is 74.9 cm³/mol. The van der Waals surface area contributed by atoms with Crippen LogP contribution in [0.25, 0.3) is 0 Å². The summed E-state index contributed by atoms with van der Waals surface area (Å²) >= 11 is 0. The molecule has 1 aromatic rings. The Balaban J connectivity index is 3.01. The first-order valence-corrected chi connectivity index (χ1v) is 6.17. The maximum absolute atomic E-state index is 11.7. The van der Waals surface area contributed by atoms with Gasteiger partial charge in [0.15, 0.2) is 0 Å². The van der Waals surface area contributed by atoms with Crippen LogP contribution in [0.5, 0.6) is 0 Å². The van der Waals surface area contributed by atoms with Gasteiger partial charge in [-0.25, -0.2) is 4.79 Å². The first-order chi connectivity index (χ1) is 9.01. The molecule has 0 fully saturated rings. The molecule has 0 aliphatic carbocycles. The van der Waals surface area contributed by atoms with Crippen LogP contribution in [-0.4, -0.2) is 26.2 Å². The molecular weight excluding hydrogens is 242 g/mol. The lowest BCUT2D eigenvalue weighted by molar-refractivity contribution is 0.0527. The highest BCUT2D eigenvalue weighted by atomic mass is 16.5. The number of benzene rings is 1. The first kappa shape index (κ1) is 14.8. The van der Waals surface area contributed by atoms with E-state index in [-0.39, 0.29) is 5.92 Å². The second-order valence-corrected chi connectivity index (χ2v) is 4.37. The van der Waals surface area contributed by atoms with Gasteiger partial charge in [-0.1, -0.05) is 6.07 Å². The number of anilines is 2. The predicted octanol–water partition coefficient (Wildman–Crippen LogP) is 2.04. The zero-order chi connectivity index (χ0) is 14.4. The molecular formula is C14H19N3O2. The van der Waals surface area contributed by atoms with E-state index in [9.17, 15) is 4.79 Å². The van der Waals surface area contributed by atoms with Crippen molar-refractivity contribution in [3.8, 4) is 6.07 Å². The second kappa shape index (κ2) is 6.64. The Bertz CT molecular complexity index is 494. The van der Waals surface area contributed by atoms with E-state index in [0.29, 0.717) is 24.4 Å². The average molecular weight is 261 g/mol. The highest BCUT2D eigenvalue weighted by Crippen LogP contribution is 2.26. The van der Waals surface area contributed by atoms with Crippen LogP contribution in [0.2, 0.25) is 0 Å². The minimum Gasteiger partial charge on any atom is -0.462 e. The lowest BCUT2D eigenvalue weighted by Gasteiger charge is -2.23. The van der Waals surface area contributed by atoms with Crippen LogP contribution in [-0.2, 0) is 4.74 Å². The molecule has 1 atom stereocenters. The van der Waals surface area contributed by atoms with Gasteiger partial charge in [0.05, 0.1) is 35.5 Å². The number of nitrogen functional groups attached to an aromatic ring is 1. The number of hydrogen-bond acceptors (Lipinski definition) is 5. The minimum atomic E-state index is -0.427. The molecule has 0 bridgehead atoms. The van der Waals surface area contributed by atoms with Gasteiger partial charge >= 0.3 is 5.97 Å². The zero-order valence-electron chi connectivity index (χ0n) is 11.5. The number of carbonyl (C=O) groups excluding carboxylic acids is 1. The van der Waals surface area contributed by atoms with Crippen molar-refractivity contribution in [3.63, 3.8) is 0 Å². The lowest BCUT2D eigenvalue weighted by Crippen LogP contribution is -2.24. The topological polar surface area (TPSA) is 79.3 Å². The van der Waals surface area contributed by atoms with Crippen molar-refractivity contribution in [2.45, 2.75) is 13.8 Å². The highest BCUT2D eigenvalue weighted by Gasteiger charge is 2.16. The van der Waals surface area contributed by atoms with Crippen LogP contribution in [0, 0.1) is 17.2 Å². The molecule has 19 heavy (non-hydrogen) atoms. The summed E-state index contributed by atoms with van der Waals surface area (Å²) < 4.78 is 4.96. The molecule has 0 radical (unpaired) electrons. The van der Waals surface area contributed by atoms with E-state index >= 15 is 0 Å². The van der Waals surface area contributed by atoms with Crippen LogP contribution in [0.15, 0.2) is 18.2 Å². The van der Waals surface area contributed by atoms with Crippen LogP contribution in [0.1, 0.15) is 24.2 Å². The molecule has 0 aliphatic rings. The van der Waals surface area contributed by atoms with E-state index in [2.05, 4.69) is 6.07 Å². The van der Waals surface area contributed by atoms with E-state index in [1.807, 2.05) is 24.9 Å². The van der Waals surface area contributed by atoms with E-state index in [1.165, 1.54) is 0 Å². The number of nitriles is 1. The van der Waals surface area contributed by atoms with Gasteiger partial charge in [-0.3, -0.25) is 0 Å². The summed E-state index contributed by atoms with van der Waals surface area (Å²) in [5.74, 6) is -0.542. The van der Waals surface area contributed by atoms with Gasteiger partial charge in [-0.05, 0) is 26.0 Å². The Kier molecular flexibility index (Phi) is 5.19. The SMILES string of the molecule is CCOC(=O)c1cccc(N(C)CC(C)C#N)c1N. The normalized spacial score (nSPS) is 11.5. The third-order valence-corrected chi connectivity index (χ3v) is 2.76. The molecule has 0 saturated carbocycles. The quantitative estimate of drug-likeness (QED) is 0.648. The van der Waals surface area contributed by atoms with Gasteiger partial charge in [-0.2, -0.15) is 5.26 Å². The molecule has 1 aromatic carbocycles.